The smallest absolute Gasteiger partial charge is 0.220 e. The first-order valence-electron chi connectivity index (χ1n) is 38.1. The van der Waals surface area contributed by atoms with E-state index in [2.05, 4.69) is 31.3 Å². The normalized spacial score (nSPS) is 27.6. The average molecular weight is 1330 g/mol. The first-order chi connectivity index (χ1) is 45.3. The molecule has 0 spiro atoms. The number of ether oxygens (including phenoxy) is 6. The molecule has 548 valence electrons. The molecule has 0 aromatic rings. The molecule has 3 rings (SSSR count). The molecule has 12 N–H and O–H groups in total. The first-order valence-corrected chi connectivity index (χ1v) is 38.1. The van der Waals surface area contributed by atoms with E-state index in [1.165, 1.54) is 238 Å². The fraction of sp³-hybridized carbons (Fsp3) is 0.932. The van der Waals surface area contributed by atoms with Crippen molar-refractivity contribution in [2.24, 2.45) is 0 Å². The molecule has 3 saturated heterocycles. The van der Waals surface area contributed by atoms with E-state index >= 15 is 0 Å². The first kappa shape index (κ1) is 85.5. The summed E-state index contributed by atoms with van der Waals surface area (Å²) in [5.74, 6) is -0.280. The quantitative estimate of drug-likeness (QED) is 0.0199. The summed E-state index contributed by atoms with van der Waals surface area (Å²) in [6, 6.07) is -0.987. The van der Waals surface area contributed by atoms with Gasteiger partial charge in [-0.2, -0.15) is 0 Å². The molecule has 0 radical (unpaired) electrons. The van der Waals surface area contributed by atoms with Gasteiger partial charge >= 0.3 is 0 Å². The van der Waals surface area contributed by atoms with Gasteiger partial charge in [0.1, 0.15) is 73.2 Å². The molecule has 1 amide bonds. The van der Waals surface area contributed by atoms with Gasteiger partial charge in [-0.3, -0.25) is 4.79 Å². The van der Waals surface area contributed by atoms with Gasteiger partial charge < -0.3 is 89.9 Å². The highest BCUT2D eigenvalue weighted by Gasteiger charge is 2.53. The monoisotopic (exact) mass is 1330 g/mol. The van der Waals surface area contributed by atoms with Crippen LogP contribution in [-0.2, 0) is 33.2 Å². The van der Waals surface area contributed by atoms with Gasteiger partial charge in [-0.25, -0.2) is 0 Å². The van der Waals surface area contributed by atoms with Gasteiger partial charge in [-0.1, -0.05) is 295 Å². The van der Waals surface area contributed by atoms with Crippen LogP contribution < -0.4 is 5.32 Å². The Morgan fingerprint density at radius 2 is 0.688 bits per heavy atom. The number of aliphatic hydroxyl groups excluding tert-OH is 11. The lowest BCUT2D eigenvalue weighted by Gasteiger charge is -2.48. The van der Waals surface area contributed by atoms with E-state index in [0.717, 1.165) is 38.5 Å². The van der Waals surface area contributed by atoms with E-state index in [9.17, 15) is 61.0 Å². The molecule has 19 nitrogen and oxygen atoms in total. The fourth-order valence-corrected chi connectivity index (χ4v) is 13.1. The van der Waals surface area contributed by atoms with Crippen LogP contribution in [0.3, 0.4) is 0 Å². The molecule has 19 heteroatoms. The summed E-state index contributed by atoms with van der Waals surface area (Å²) in [7, 11) is 0. The second-order valence-electron chi connectivity index (χ2n) is 27.5. The molecule has 0 aromatic carbocycles. The number of unbranched alkanes of at least 4 members (excludes halogenated alkanes) is 42. The number of allylic oxidation sites excluding steroid dienone is 3. The zero-order chi connectivity index (χ0) is 67.5. The van der Waals surface area contributed by atoms with Crippen LogP contribution in [0.15, 0.2) is 24.3 Å². The van der Waals surface area contributed by atoms with Gasteiger partial charge in [0.2, 0.25) is 5.91 Å². The Hall–Kier alpha value is -1.73. The Labute approximate surface area is 562 Å². The summed E-state index contributed by atoms with van der Waals surface area (Å²) < 4.78 is 34.4. The van der Waals surface area contributed by atoms with Crippen LogP contribution in [0, 0.1) is 0 Å². The highest BCUT2D eigenvalue weighted by Crippen LogP contribution is 2.33. The molecular formula is C74H139NO18. The van der Waals surface area contributed by atoms with Crippen LogP contribution >= 0.6 is 0 Å². The minimum atomic E-state index is -1.98. The summed E-state index contributed by atoms with van der Waals surface area (Å²) in [5, 5.41) is 121. The second-order valence-corrected chi connectivity index (χ2v) is 27.5. The van der Waals surface area contributed by atoms with Crippen molar-refractivity contribution in [3.8, 4) is 0 Å². The summed E-state index contributed by atoms with van der Waals surface area (Å²) >= 11 is 0. The summed E-state index contributed by atoms with van der Waals surface area (Å²) in [4.78, 5) is 13.4. The SMILES string of the molecule is CCCCCCCCCCCCCCCCCCCCCCCCCCC/C=C/CC/C=C/C(O)C(COC1OC(CO)C(OC2OC(CO)C(OC3OC(CO)C(O)C(O)C3O)C(O)C2O)C(O)C1O)NC(=O)CCCCCCCCCCCCCCCCCCC. The van der Waals surface area contributed by atoms with Gasteiger partial charge in [0.05, 0.1) is 38.6 Å². The number of aliphatic hydroxyl groups is 11. The predicted molar refractivity (Wildman–Crippen MR) is 365 cm³/mol. The van der Waals surface area contributed by atoms with Crippen LogP contribution in [0.5, 0.6) is 0 Å². The Bertz CT molecular complexity index is 1780. The van der Waals surface area contributed by atoms with Gasteiger partial charge in [0.25, 0.3) is 0 Å². The minimum absolute atomic E-state index is 0.240. The van der Waals surface area contributed by atoms with E-state index < -0.39 is 124 Å². The number of hydrogen-bond acceptors (Lipinski definition) is 18. The maximum Gasteiger partial charge on any atom is 0.220 e. The number of rotatable bonds is 60. The standard InChI is InChI=1S/C74H139NO18/c1-3-5-7-9-11-13-15-17-19-21-22-23-24-25-26-27-28-29-30-31-32-33-34-36-37-39-41-43-45-47-49-51-58(79)57(75-62(80)52-50-48-46-44-42-40-38-35-20-18-16-14-12-10-8-6-4-2)56-88-72-68(86)65(83)70(60(54-77)90-72)93-74-69(87)66(84)71(61(55-78)91-74)92-73-67(85)64(82)63(81)59(53-76)89-73/h41,43,49,51,57-61,63-74,76-79,81-87H,3-40,42,44-48,50,52-56H2,1-2H3,(H,75,80)/b43-41+,51-49+. The highest BCUT2D eigenvalue weighted by atomic mass is 16.8. The second kappa shape index (κ2) is 56.1. The minimum Gasteiger partial charge on any atom is -0.394 e. The number of amides is 1. The molecule has 17 unspecified atom stereocenters. The molecule has 93 heavy (non-hydrogen) atoms. The number of hydrogen-bond donors (Lipinski definition) is 12. The van der Waals surface area contributed by atoms with Crippen molar-refractivity contribution in [1.82, 2.24) is 5.32 Å². The van der Waals surface area contributed by atoms with Gasteiger partial charge in [0.15, 0.2) is 18.9 Å². The third kappa shape index (κ3) is 37.3. The molecule has 17 atom stereocenters. The number of carbonyl (C=O) groups excluding carboxylic acids is 1. The maximum absolute atomic E-state index is 13.4. The van der Waals surface area contributed by atoms with Crippen molar-refractivity contribution in [3.63, 3.8) is 0 Å². The van der Waals surface area contributed by atoms with Crippen molar-refractivity contribution >= 4 is 5.91 Å². The summed E-state index contributed by atoms with van der Waals surface area (Å²) in [5.41, 5.74) is 0. The van der Waals surface area contributed by atoms with E-state index in [1.807, 2.05) is 6.08 Å². The Morgan fingerprint density at radius 1 is 0.376 bits per heavy atom. The third-order valence-electron chi connectivity index (χ3n) is 19.3. The molecule has 3 fully saturated rings. The van der Waals surface area contributed by atoms with Crippen molar-refractivity contribution in [2.45, 2.75) is 413 Å². The molecule has 0 aromatic heterocycles. The highest BCUT2D eigenvalue weighted by molar-refractivity contribution is 5.76. The maximum atomic E-state index is 13.4. The lowest BCUT2D eigenvalue weighted by molar-refractivity contribution is -0.379. The van der Waals surface area contributed by atoms with Crippen LogP contribution in [-0.4, -0.2) is 193 Å². The Morgan fingerprint density at radius 3 is 1.08 bits per heavy atom. The van der Waals surface area contributed by atoms with Crippen LogP contribution in [0.4, 0.5) is 0 Å². The van der Waals surface area contributed by atoms with Crippen molar-refractivity contribution in [2.75, 3.05) is 26.4 Å². The van der Waals surface area contributed by atoms with Gasteiger partial charge in [0, 0.05) is 6.42 Å². The molecule has 3 heterocycles. The zero-order valence-corrected chi connectivity index (χ0v) is 58.3. The topological polar surface area (TPSA) is 307 Å². The Kier molecular flexibility index (Phi) is 51.5. The van der Waals surface area contributed by atoms with Crippen molar-refractivity contribution in [1.29, 1.82) is 0 Å². The van der Waals surface area contributed by atoms with Gasteiger partial charge in [-0.15, -0.1) is 0 Å². The number of carbonyl (C=O) groups is 1. The molecule has 3 aliphatic heterocycles. The van der Waals surface area contributed by atoms with Crippen molar-refractivity contribution < 1.29 is 89.4 Å². The van der Waals surface area contributed by atoms with E-state index in [0.29, 0.717) is 12.8 Å². The lowest BCUT2D eigenvalue weighted by Crippen LogP contribution is -2.66. The summed E-state index contributed by atoms with van der Waals surface area (Å²) in [6.45, 7) is 1.76. The molecule has 0 bridgehead atoms. The molecule has 0 saturated carbocycles. The van der Waals surface area contributed by atoms with E-state index in [1.54, 1.807) is 6.08 Å². The predicted octanol–water partition coefficient (Wildman–Crippen LogP) is 11.4. The Balaban J connectivity index is 1.39. The zero-order valence-electron chi connectivity index (χ0n) is 58.3. The van der Waals surface area contributed by atoms with Crippen LogP contribution in [0.1, 0.15) is 309 Å². The van der Waals surface area contributed by atoms with E-state index in [-0.39, 0.29) is 18.9 Å². The van der Waals surface area contributed by atoms with E-state index in [4.69, 9.17) is 28.4 Å². The molecule has 0 aliphatic carbocycles. The fourth-order valence-electron chi connectivity index (χ4n) is 13.1. The van der Waals surface area contributed by atoms with Crippen molar-refractivity contribution in [3.05, 3.63) is 24.3 Å². The van der Waals surface area contributed by atoms with Gasteiger partial charge in [-0.05, 0) is 32.1 Å². The van der Waals surface area contributed by atoms with Crippen LogP contribution in [0.2, 0.25) is 0 Å². The molecular weight excluding hydrogens is 1190 g/mol. The molecule has 3 aliphatic rings. The lowest BCUT2D eigenvalue weighted by atomic mass is 9.96. The largest absolute Gasteiger partial charge is 0.394 e. The number of nitrogens with one attached hydrogen (secondary N) is 1. The third-order valence-corrected chi connectivity index (χ3v) is 19.3. The average Bonchev–Trinajstić information content (AvgIpc) is 0.814. The van der Waals surface area contributed by atoms with Crippen LogP contribution in [0.25, 0.3) is 0 Å². The summed E-state index contributed by atoms with van der Waals surface area (Å²) in [6.07, 6.45) is 38.9.